The Labute approximate surface area is 120 Å². The molecule has 1 aromatic heterocycles. The lowest BCUT2D eigenvalue weighted by Crippen LogP contribution is -2.29. The zero-order chi connectivity index (χ0) is 13.8. The summed E-state index contributed by atoms with van der Waals surface area (Å²) in [6, 6.07) is 10.9. The van der Waals surface area contributed by atoms with Crippen LogP contribution in [0.4, 0.5) is 0 Å². The zero-order valence-corrected chi connectivity index (χ0v) is 12.0. The minimum Gasteiger partial charge on any atom is -0.381 e. The van der Waals surface area contributed by atoms with Crippen LogP contribution in [0.15, 0.2) is 36.5 Å². The third-order valence-corrected chi connectivity index (χ3v) is 4.07. The Balaban J connectivity index is 1.99. The molecule has 20 heavy (non-hydrogen) atoms. The average molecular weight is 270 g/mol. The average Bonchev–Trinajstić information content (AvgIpc) is 3.02. The number of ether oxygens (including phenoxy) is 1. The Hall–Kier alpha value is -1.45. The maximum Gasteiger partial charge on any atom is 0.0705 e. The number of rotatable bonds is 5. The molecule has 1 fully saturated rings. The summed E-state index contributed by atoms with van der Waals surface area (Å²) in [4.78, 5) is 4.47. The Morgan fingerprint density at radius 1 is 1.35 bits per heavy atom. The molecule has 1 N–H and O–H groups in total. The van der Waals surface area contributed by atoms with Crippen molar-refractivity contribution in [3.8, 4) is 0 Å². The summed E-state index contributed by atoms with van der Waals surface area (Å²) in [6.07, 6.45) is 4.21. The molecule has 0 spiro atoms. The monoisotopic (exact) mass is 270 g/mol. The molecule has 1 saturated heterocycles. The Morgan fingerprint density at radius 2 is 2.25 bits per heavy atom. The topological polar surface area (TPSA) is 34.2 Å². The van der Waals surface area contributed by atoms with Crippen molar-refractivity contribution >= 4 is 10.9 Å². The third kappa shape index (κ3) is 2.69. The molecule has 2 heterocycles. The van der Waals surface area contributed by atoms with Gasteiger partial charge in [-0.1, -0.05) is 25.1 Å². The summed E-state index contributed by atoms with van der Waals surface area (Å²) >= 11 is 0. The SMILES string of the molecule is CCCNC(c1ccnc2ccccc12)C1CCOC1. The highest BCUT2D eigenvalue weighted by atomic mass is 16.5. The number of hydrogen-bond acceptors (Lipinski definition) is 3. The predicted molar refractivity (Wildman–Crippen MR) is 81.7 cm³/mol. The van der Waals surface area contributed by atoms with Crippen molar-refractivity contribution in [1.82, 2.24) is 10.3 Å². The van der Waals surface area contributed by atoms with Crippen LogP contribution in [0.2, 0.25) is 0 Å². The van der Waals surface area contributed by atoms with Gasteiger partial charge in [-0.2, -0.15) is 0 Å². The van der Waals surface area contributed by atoms with E-state index >= 15 is 0 Å². The maximum absolute atomic E-state index is 5.60. The minimum absolute atomic E-state index is 0.366. The lowest BCUT2D eigenvalue weighted by Gasteiger charge is -2.25. The number of benzene rings is 1. The van der Waals surface area contributed by atoms with E-state index < -0.39 is 0 Å². The summed E-state index contributed by atoms with van der Waals surface area (Å²) in [7, 11) is 0. The molecule has 0 saturated carbocycles. The summed E-state index contributed by atoms with van der Waals surface area (Å²) in [6.45, 7) is 4.99. The van der Waals surface area contributed by atoms with Crippen molar-refractivity contribution < 1.29 is 4.74 Å². The van der Waals surface area contributed by atoms with Gasteiger partial charge in [0, 0.05) is 30.1 Å². The third-order valence-electron chi connectivity index (χ3n) is 4.07. The van der Waals surface area contributed by atoms with E-state index in [-0.39, 0.29) is 0 Å². The van der Waals surface area contributed by atoms with E-state index in [0.29, 0.717) is 12.0 Å². The summed E-state index contributed by atoms with van der Waals surface area (Å²) in [5.74, 6) is 0.562. The molecule has 2 unspecified atom stereocenters. The van der Waals surface area contributed by atoms with Crippen LogP contribution in [0.5, 0.6) is 0 Å². The fourth-order valence-corrected chi connectivity index (χ4v) is 3.04. The van der Waals surface area contributed by atoms with Crippen molar-refractivity contribution in [3.05, 3.63) is 42.1 Å². The molecule has 1 aliphatic heterocycles. The van der Waals surface area contributed by atoms with E-state index in [1.165, 1.54) is 10.9 Å². The van der Waals surface area contributed by atoms with Gasteiger partial charge in [0.1, 0.15) is 0 Å². The van der Waals surface area contributed by atoms with Crippen LogP contribution in [-0.2, 0) is 4.74 Å². The Kier molecular flexibility index (Phi) is 4.28. The van der Waals surface area contributed by atoms with Crippen LogP contribution < -0.4 is 5.32 Å². The highest BCUT2D eigenvalue weighted by Gasteiger charge is 2.27. The van der Waals surface area contributed by atoms with Crippen molar-refractivity contribution in [2.45, 2.75) is 25.8 Å². The smallest absolute Gasteiger partial charge is 0.0705 e. The van der Waals surface area contributed by atoms with Crippen molar-refractivity contribution in [2.75, 3.05) is 19.8 Å². The summed E-state index contributed by atoms with van der Waals surface area (Å²) in [5.41, 5.74) is 2.44. The zero-order valence-electron chi connectivity index (χ0n) is 12.0. The first kappa shape index (κ1) is 13.5. The van der Waals surface area contributed by atoms with Gasteiger partial charge in [-0.3, -0.25) is 4.98 Å². The number of aromatic nitrogens is 1. The summed E-state index contributed by atoms with van der Waals surface area (Å²) < 4.78 is 5.60. The van der Waals surface area contributed by atoms with Crippen molar-refractivity contribution in [1.29, 1.82) is 0 Å². The lowest BCUT2D eigenvalue weighted by molar-refractivity contribution is 0.177. The van der Waals surface area contributed by atoms with Gasteiger partial charge in [0.15, 0.2) is 0 Å². The van der Waals surface area contributed by atoms with Crippen LogP contribution >= 0.6 is 0 Å². The first-order valence-corrected chi connectivity index (χ1v) is 7.55. The largest absolute Gasteiger partial charge is 0.381 e. The molecule has 0 radical (unpaired) electrons. The van der Waals surface area contributed by atoms with Gasteiger partial charge in [-0.05, 0) is 37.1 Å². The first-order chi connectivity index (χ1) is 9.90. The molecule has 0 amide bonds. The molecule has 106 valence electrons. The van der Waals surface area contributed by atoms with Gasteiger partial charge < -0.3 is 10.1 Å². The van der Waals surface area contributed by atoms with Crippen LogP contribution in [0.3, 0.4) is 0 Å². The Morgan fingerprint density at radius 3 is 3.05 bits per heavy atom. The first-order valence-electron chi connectivity index (χ1n) is 7.55. The summed E-state index contributed by atoms with van der Waals surface area (Å²) in [5, 5.41) is 4.97. The van der Waals surface area contributed by atoms with Crippen LogP contribution in [-0.4, -0.2) is 24.7 Å². The van der Waals surface area contributed by atoms with E-state index in [1.54, 1.807) is 0 Å². The molecular formula is C17H22N2O. The van der Waals surface area contributed by atoms with Crippen molar-refractivity contribution in [3.63, 3.8) is 0 Å². The standard InChI is InChI=1S/C17H22N2O/c1-2-9-19-17(13-8-11-20-12-13)15-7-10-18-16-6-4-3-5-14(15)16/h3-7,10,13,17,19H,2,8-9,11-12H2,1H3. The minimum atomic E-state index is 0.366. The molecule has 1 aromatic carbocycles. The van der Waals surface area contributed by atoms with Crippen LogP contribution in [0, 0.1) is 5.92 Å². The molecule has 1 aliphatic rings. The van der Waals surface area contributed by atoms with E-state index in [2.05, 4.69) is 41.5 Å². The molecule has 3 heteroatoms. The number of nitrogens with one attached hydrogen (secondary N) is 1. The normalized spacial score (nSPS) is 20.4. The Bertz CT molecular complexity index is 558. The van der Waals surface area contributed by atoms with Gasteiger partial charge in [-0.25, -0.2) is 0 Å². The van der Waals surface area contributed by atoms with Gasteiger partial charge in [0.25, 0.3) is 0 Å². The van der Waals surface area contributed by atoms with E-state index in [1.807, 2.05) is 12.3 Å². The molecule has 2 aromatic rings. The molecular weight excluding hydrogens is 248 g/mol. The highest BCUT2D eigenvalue weighted by molar-refractivity contribution is 5.82. The molecule has 0 bridgehead atoms. The lowest BCUT2D eigenvalue weighted by atomic mass is 9.90. The van der Waals surface area contributed by atoms with Gasteiger partial charge in [-0.15, -0.1) is 0 Å². The fraction of sp³-hybridized carbons (Fsp3) is 0.471. The highest BCUT2D eigenvalue weighted by Crippen LogP contribution is 2.32. The van der Waals surface area contributed by atoms with Crippen LogP contribution in [0.1, 0.15) is 31.4 Å². The number of nitrogens with zero attached hydrogens (tertiary/aromatic N) is 1. The quantitative estimate of drug-likeness (QED) is 0.905. The second-order valence-corrected chi connectivity index (χ2v) is 5.47. The van der Waals surface area contributed by atoms with Gasteiger partial charge in [0.2, 0.25) is 0 Å². The fourth-order valence-electron chi connectivity index (χ4n) is 3.04. The maximum atomic E-state index is 5.60. The molecule has 3 rings (SSSR count). The molecule has 0 aliphatic carbocycles. The second kappa shape index (κ2) is 6.33. The van der Waals surface area contributed by atoms with Gasteiger partial charge in [0.05, 0.1) is 12.1 Å². The molecule has 2 atom stereocenters. The number of fused-ring (bicyclic) bond motifs is 1. The number of hydrogen-bond donors (Lipinski definition) is 1. The number of pyridine rings is 1. The number of para-hydroxylation sites is 1. The van der Waals surface area contributed by atoms with Crippen LogP contribution in [0.25, 0.3) is 10.9 Å². The van der Waals surface area contributed by atoms with Gasteiger partial charge >= 0.3 is 0 Å². The van der Waals surface area contributed by atoms with Crippen molar-refractivity contribution in [2.24, 2.45) is 5.92 Å². The second-order valence-electron chi connectivity index (χ2n) is 5.47. The van der Waals surface area contributed by atoms with E-state index in [4.69, 9.17) is 4.74 Å². The molecule has 3 nitrogen and oxygen atoms in total. The van der Waals surface area contributed by atoms with E-state index in [9.17, 15) is 0 Å². The predicted octanol–water partition coefficient (Wildman–Crippen LogP) is 3.31. The van der Waals surface area contributed by atoms with E-state index in [0.717, 1.165) is 38.1 Å².